The van der Waals surface area contributed by atoms with Crippen molar-refractivity contribution in [3.63, 3.8) is 0 Å². The Bertz CT molecular complexity index is 833. The summed E-state index contributed by atoms with van der Waals surface area (Å²) in [6, 6.07) is 13.2. The fourth-order valence-electron chi connectivity index (χ4n) is 2.24. The summed E-state index contributed by atoms with van der Waals surface area (Å²) >= 11 is 7.28. The standard InChI is InChI=1S/C18H14ClFN2OS/c1-2-22-17(23)16(10-12-6-8-14(20)9-7-12)24-18(22)21-15-5-3-4-13(19)11-15/h3-11H,2H2,1H3/b16-10+,21-18?. The lowest BCUT2D eigenvalue weighted by Gasteiger charge is -2.11. The molecule has 1 saturated heterocycles. The Labute approximate surface area is 148 Å². The molecule has 0 radical (unpaired) electrons. The molecule has 1 amide bonds. The van der Waals surface area contributed by atoms with E-state index in [9.17, 15) is 9.18 Å². The maximum Gasteiger partial charge on any atom is 0.266 e. The van der Waals surface area contributed by atoms with E-state index in [4.69, 9.17) is 11.6 Å². The van der Waals surface area contributed by atoms with Crippen LogP contribution in [-0.2, 0) is 4.79 Å². The highest BCUT2D eigenvalue weighted by Crippen LogP contribution is 2.34. The van der Waals surface area contributed by atoms with Gasteiger partial charge in [-0.15, -0.1) is 0 Å². The van der Waals surface area contributed by atoms with Crippen molar-refractivity contribution in [1.82, 2.24) is 4.90 Å². The minimum atomic E-state index is -0.305. The Hall–Kier alpha value is -2.11. The van der Waals surface area contributed by atoms with E-state index in [0.717, 1.165) is 5.56 Å². The van der Waals surface area contributed by atoms with Crippen LogP contribution in [0.5, 0.6) is 0 Å². The Morgan fingerprint density at radius 3 is 2.67 bits per heavy atom. The molecule has 3 rings (SSSR count). The number of nitrogens with zero attached hydrogens (tertiary/aromatic N) is 2. The van der Waals surface area contributed by atoms with Crippen molar-refractivity contribution in [1.29, 1.82) is 0 Å². The van der Waals surface area contributed by atoms with Gasteiger partial charge in [0.25, 0.3) is 5.91 Å². The molecule has 0 unspecified atom stereocenters. The predicted octanol–water partition coefficient (Wildman–Crippen LogP) is 5.10. The van der Waals surface area contributed by atoms with Crippen LogP contribution >= 0.6 is 23.4 Å². The van der Waals surface area contributed by atoms with Crippen molar-refractivity contribution in [3.8, 4) is 0 Å². The van der Waals surface area contributed by atoms with Gasteiger partial charge >= 0.3 is 0 Å². The molecule has 6 heteroatoms. The van der Waals surface area contributed by atoms with Crippen LogP contribution in [0.2, 0.25) is 5.02 Å². The number of aliphatic imine (C=N–C) groups is 1. The van der Waals surface area contributed by atoms with E-state index in [1.807, 2.05) is 19.1 Å². The molecule has 0 N–H and O–H groups in total. The molecule has 1 aliphatic rings. The van der Waals surface area contributed by atoms with Crippen LogP contribution in [0.4, 0.5) is 10.1 Å². The first-order chi connectivity index (χ1) is 11.6. The molecule has 0 bridgehead atoms. The number of carbonyl (C=O) groups excluding carboxylic acids is 1. The van der Waals surface area contributed by atoms with Crippen molar-refractivity contribution < 1.29 is 9.18 Å². The smallest absolute Gasteiger partial charge is 0.266 e. The molecule has 0 spiro atoms. The van der Waals surface area contributed by atoms with E-state index in [0.29, 0.717) is 27.3 Å². The average molecular weight is 361 g/mol. The average Bonchev–Trinajstić information content (AvgIpc) is 2.84. The number of likely N-dealkylation sites (N-methyl/N-ethyl adjacent to an activating group) is 1. The lowest BCUT2D eigenvalue weighted by atomic mass is 10.2. The maximum atomic E-state index is 13.0. The van der Waals surface area contributed by atoms with Crippen LogP contribution in [-0.4, -0.2) is 22.5 Å². The van der Waals surface area contributed by atoms with Crippen LogP contribution in [0.1, 0.15) is 12.5 Å². The topological polar surface area (TPSA) is 32.7 Å². The number of amidine groups is 1. The Morgan fingerprint density at radius 1 is 1.25 bits per heavy atom. The van der Waals surface area contributed by atoms with Gasteiger partial charge in [-0.1, -0.05) is 29.8 Å². The van der Waals surface area contributed by atoms with Crippen molar-refractivity contribution in [2.45, 2.75) is 6.92 Å². The van der Waals surface area contributed by atoms with Gasteiger partial charge in [0.2, 0.25) is 0 Å². The normalized spacial score (nSPS) is 18.0. The molecular weight excluding hydrogens is 347 g/mol. The second-order valence-corrected chi connectivity index (χ2v) is 6.53. The second-order valence-electron chi connectivity index (χ2n) is 5.09. The first kappa shape index (κ1) is 16.7. The first-order valence-electron chi connectivity index (χ1n) is 7.38. The number of carbonyl (C=O) groups is 1. The molecule has 2 aromatic carbocycles. The number of benzene rings is 2. The highest BCUT2D eigenvalue weighted by molar-refractivity contribution is 8.18. The maximum absolute atomic E-state index is 13.0. The number of thioether (sulfide) groups is 1. The lowest BCUT2D eigenvalue weighted by Crippen LogP contribution is -2.28. The summed E-state index contributed by atoms with van der Waals surface area (Å²) in [7, 11) is 0. The minimum Gasteiger partial charge on any atom is -0.287 e. The number of halogens is 2. The fraction of sp³-hybridized carbons (Fsp3) is 0.111. The number of amides is 1. The van der Waals surface area contributed by atoms with E-state index < -0.39 is 0 Å². The Kier molecular flexibility index (Phi) is 5.02. The van der Waals surface area contributed by atoms with E-state index in [2.05, 4.69) is 4.99 Å². The van der Waals surface area contributed by atoms with Crippen LogP contribution in [0.25, 0.3) is 6.08 Å². The molecule has 0 saturated carbocycles. The summed E-state index contributed by atoms with van der Waals surface area (Å²) < 4.78 is 13.0. The Balaban J connectivity index is 1.92. The molecule has 1 fully saturated rings. The summed E-state index contributed by atoms with van der Waals surface area (Å²) in [5.74, 6) is -0.409. The highest BCUT2D eigenvalue weighted by atomic mass is 35.5. The molecule has 1 aliphatic heterocycles. The van der Waals surface area contributed by atoms with Crippen LogP contribution in [0.3, 0.4) is 0 Å². The fourth-order valence-corrected chi connectivity index (χ4v) is 3.48. The molecule has 24 heavy (non-hydrogen) atoms. The third-order valence-corrected chi connectivity index (χ3v) is 4.65. The summed E-state index contributed by atoms with van der Waals surface area (Å²) in [5, 5.41) is 1.20. The monoisotopic (exact) mass is 360 g/mol. The van der Waals surface area contributed by atoms with Gasteiger partial charge in [-0.3, -0.25) is 9.69 Å². The molecule has 122 valence electrons. The van der Waals surface area contributed by atoms with Gasteiger partial charge in [-0.25, -0.2) is 9.38 Å². The summed E-state index contributed by atoms with van der Waals surface area (Å²) in [6.07, 6.45) is 1.75. The third kappa shape index (κ3) is 3.68. The van der Waals surface area contributed by atoms with Crippen molar-refractivity contribution in [2.75, 3.05) is 6.54 Å². The largest absolute Gasteiger partial charge is 0.287 e. The highest BCUT2D eigenvalue weighted by Gasteiger charge is 2.32. The van der Waals surface area contributed by atoms with E-state index >= 15 is 0 Å². The quantitative estimate of drug-likeness (QED) is 0.713. The Morgan fingerprint density at radius 2 is 2.00 bits per heavy atom. The summed E-state index contributed by atoms with van der Waals surface area (Å²) in [4.78, 5) is 19.2. The molecule has 0 aromatic heterocycles. The molecule has 3 nitrogen and oxygen atoms in total. The van der Waals surface area contributed by atoms with Crippen molar-refractivity contribution in [2.24, 2.45) is 4.99 Å². The third-order valence-electron chi connectivity index (χ3n) is 3.41. The molecule has 0 aliphatic carbocycles. The molecular formula is C18H14ClFN2OS. The summed E-state index contributed by atoms with van der Waals surface area (Å²) in [5.41, 5.74) is 1.46. The van der Waals surface area contributed by atoms with Gasteiger partial charge in [0.05, 0.1) is 10.6 Å². The predicted molar refractivity (Wildman–Crippen MR) is 97.9 cm³/mol. The van der Waals surface area contributed by atoms with Crippen LogP contribution in [0, 0.1) is 5.82 Å². The lowest BCUT2D eigenvalue weighted by molar-refractivity contribution is -0.122. The van der Waals surface area contributed by atoms with Crippen molar-refractivity contribution in [3.05, 3.63) is 69.8 Å². The van der Waals surface area contributed by atoms with E-state index in [1.165, 1.54) is 23.9 Å². The zero-order valence-corrected chi connectivity index (χ0v) is 14.4. The van der Waals surface area contributed by atoms with Gasteiger partial charge in [0, 0.05) is 11.6 Å². The SMILES string of the molecule is CCN1C(=O)/C(=C\c2ccc(F)cc2)SC1=Nc1cccc(Cl)c1. The van der Waals surface area contributed by atoms with Gasteiger partial charge in [0.15, 0.2) is 5.17 Å². The molecule has 0 atom stereocenters. The van der Waals surface area contributed by atoms with E-state index in [-0.39, 0.29) is 11.7 Å². The van der Waals surface area contributed by atoms with Gasteiger partial charge in [-0.2, -0.15) is 0 Å². The minimum absolute atomic E-state index is 0.104. The zero-order chi connectivity index (χ0) is 17.1. The summed E-state index contributed by atoms with van der Waals surface area (Å²) in [6.45, 7) is 2.42. The van der Waals surface area contributed by atoms with Crippen LogP contribution < -0.4 is 0 Å². The number of hydrogen-bond donors (Lipinski definition) is 0. The number of hydrogen-bond acceptors (Lipinski definition) is 3. The molecule has 2 aromatic rings. The van der Waals surface area contributed by atoms with Crippen LogP contribution in [0.15, 0.2) is 58.4 Å². The second kappa shape index (κ2) is 7.20. The zero-order valence-electron chi connectivity index (χ0n) is 12.9. The number of rotatable bonds is 3. The van der Waals surface area contributed by atoms with Gasteiger partial charge in [-0.05, 0) is 60.7 Å². The molecule has 1 heterocycles. The van der Waals surface area contributed by atoms with E-state index in [1.54, 1.807) is 35.2 Å². The van der Waals surface area contributed by atoms with Crippen molar-refractivity contribution >= 4 is 46.2 Å². The van der Waals surface area contributed by atoms with Gasteiger partial charge in [0.1, 0.15) is 5.82 Å². The van der Waals surface area contributed by atoms with Gasteiger partial charge < -0.3 is 0 Å². The first-order valence-corrected chi connectivity index (χ1v) is 8.57.